The normalized spacial score (nSPS) is 14.7. The number of halogens is 2. The number of hydrogen-bond acceptors (Lipinski definition) is 3. The number of rotatable bonds is 5. The first-order valence-electron chi connectivity index (χ1n) is 10.3. The number of anilines is 1. The van der Waals surface area contributed by atoms with Crippen LogP contribution in [0.15, 0.2) is 66.7 Å². The summed E-state index contributed by atoms with van der Waals surface area (Å²) in [5, 5.41) is 5.13. The van der Waals surface area contributed by atoms with Crippen molar-refractivity contribution in [3.63, 3.8) is 0 Å². The largest absolute Gasteiger partial charge is 0.352 e. The van der Waals surface area contributed by atoms with Crippen LogP contribution in [-0.4, -0.2) is 24.8 Å². The van der Waals surface area contributed by atoms with Crippen molar-refractivity contribution in [1.82, 2.24) is 10.6 Å². The van der Waals surface area contributed by atoms with Crippen LogP contribution < -0.4 is 15.5 Å². The van der Waals surface area contributed by atoms with E-state index in [1.165, 1.54) is 4.90 Å². The summed E-state index contributed by atoms with van der Waals surface area (Å²) in [5.41, 5.74) is 3.25. The number of nitrogens with one attached hydrogen (secondary N) is 2. The Kier molecular flexibility index (Phi) is 6.17. The first kappa shape index (κ1) is 22.1. The second-order valence-corrected chi connectivity index (χ2v) is 7.73. The van der Waals surface area contributed by atoms with Crippen molar-refractivity contribution in [2.75, 3.05) is 11.9 Å². The smallest absolute Gasteiger partial charge is 0.253 e. The monoisotopic (exact) mass is 449 g/mol. The van der Waals surface area contributed by atoms with E-state index in [1.807, 2.05) is 36.4 Å². The number of benzene rings is 3. The molecule has 0 bridgehead atoms. The van der Waals surface area contributed by atoms with E-state index >= 15 is 0 Å². The van der Waals surface area contributed by atoms with Crippen LogP contribution in [0.2, 0.25) is 0 Å². The minimum Gasteiger partial charge on any atom is -0.352 e. The number of amides is 3. The molecule has 6 nitrogen and oxygen atoms in total. The third-order valence-corrected chi connectivity index (χ3v) is 5.44. The van der Waals surface area contributed by atoms with Crippen molar-refractivity contribution in [3.05, 3.63) is 89.5 Å². The molecule has 1 atom stereocenters. The Bertz CT molecular complexity index is 1220. The molecule has 3 aromatic carbocycles. The molecule has 0 saturated heterocycles. The molecule has 1 aliphatic heterocycles. The number of carbonyl (C=O) groups excluding carboxylic acids is 3. The van der Waals surface area contributed by atoms with Gasteiger partial charge in [0.05, 0.1) is 5.69 Å². The first-order chi connectivity index (χ1) is 15.8. The predicted octanol–water partition coefficient (Wildman–Crippen LogP) is 3.47. The molecule has 8 heteroatoms. The van der Waals surface area contributed by atoms with Crippen LogP contribution in [-0.2, 0) is 20.9 Å². The molecular weight excluding hydrogens is 428 g/mol. The third kappa shape index (κ3) is 4.74. The number of para-hydroxylation sites is 1. The molecule has 4 rings (SSSR count). The van der Waals surface area contributed by atoms with Gasteiger partial charge in [-0.05, 0) is 34.9 Å². The lowest BCUT2D eigenvalue weighted by atomic mass is 9.95. The molecule has 0 aromatic heterocycles. The van der Waals surface area contributed by atoms with Gasteiger partial charge in [-0.15, -0.1) is 0 Å². The lowest BCUT2D eigenvalue weighted by Gasteiger charge is -2.22. The molecular formula is C25H21F2N3O3. The van der Waals surface area contributed by atoms with E-state index in [-0.39, 0.29) is 18.0 Å². The van der Waals surface area contributed by atoms with E-state index in [1.54, 1.807) is 19.2 Å². The predicted molar refractivity (Wildman–Crippen MR) is 119 cm³/mol. The lowest BCUT2D eigenvalue weighted by molar-refractivity contribution is -0.132. The van der Waals surface area contributed by atoms with Crippen molar-refractivity contribution >= 4 is 23.4 Å². The van der Waals surface area contributed by atoms with Gasteiger partial charge in [0.2, 0.25) is 11.8 Å². The van der Waals surface area contributed by atoms with Crippen LogP contribution in [0.25, 0.3) is 11.1 Å². The van der Waals surface area contributed by atoms with Gasteiger partial charge in [-0.2, -0.15) is 0 Å². The van der Waals surface area contributed by atoms with Gasteiger partial charge in [-0.1, -0.05) is 42.5 Å². The van der Waals surface area contributed by atoms with Crippen LogP contribution in [0.1, 0.15) is 23.6 Å². The van der Waals surface area contributed by atoms with Crippen LogP contribution in [0.3, 0.4) is 0 Å². The number of hydrogen-bond donors (Lipinski definition) is 2. The van der Waals surface area contributed by atoms with Crippen LogP contribution >= 0.6 is 0 Å². The summed E-state index contributed by atoms with van der Waals surface area (Å²) < 4.78 is 26.6. The highest BCUT2D eigenvalue weighted by Gasteiger charge is 2.33. The fourth-order valence-corrected chi connectivity index (χ4v) is 3.91. The molecule has 1 heterocycles. The fraction of sp³-hybridized carbons (Fsp3) is 0.160. The number of fused-ring (bicyclic) bond motifs is 3. The molecule has 0 aliphatic carbocycles. The molecule has 0 fully saturated rings. The third-order valence-electron chi connectivity index (χ3n) is 5.44. The van der Waals surface area contributed by atoms with E-state index < -0.39 is 35.9 Å². The van der Waals surface area contributed by atoms with Crippen LogP contribution in [0.5, 0.6) is 0 Å². The van der Waals surface area contributed by atoms with Crippen molar-refractivity contribution in [2.24, 2.45) is 0 Å². The molecule has 1 aliphatic rings. The molecule has 168 valence electrons. The van der Waals surface area contributed by atoms with Gasteiger partial charge in [-0.3, -0.25) is 14.4 Å². The molecule has 0 unspecified atom stereocenters. The molecule has 0 spiro atoms. The molecule has 0 saturated carbocycles. The fourth-order valence-electron chi connectivity index (χ4n) is 3.91. The zero-order valence-corrected chi connectivity index (χ0v) is 17.8. The number of carbonyl (C=O) groups is 3. The zero-order chi connectivity index (χ0) is 23.5. The van der Waals surface area contributed by atoms with E-state index in [9.17, 15) is 23.2 Å². The molecule has 0 radical (unpaired) electrons. The van der Waals surface area contributed by atoms with Gasteiger partial charge in [0.15, 0.2) is 0 Å². The SMILES string of the molecule is CN1C(=O)[C@H](NC(=O)CC(=O)NCc2cc(F)cc(F)c2)c2ccccc2-c2ccccc21. The van der Waals surface area contributed by atoms with Gasteiger partial charge in [-0.25, -0.2) is 8.78 Å². The Labute approximate surface area is 189 Å². The van der Waals surface area contributed by atoms with E-state index in [0.29, 0.717) is 11.3 Å². The zero-order valence-electron chi connectivity index (χ0n) is 17.8. The molecule has 33 heavy (non-hydrogen) atoms. The highest BCUT2D eigenvalue weighted by atomic mass is 19.1. The minimum absolute atomic E-state index is 0.135. The highest BCUT2D eigenvalue weighted by Crippen LogP contribution is 2.39. The van der Waals surface area contributed by atoms with Gasteiger partial charge < -0.3 is 15.5 Å². The maximum Gasteiger partial charge on any atom is 0.253 e. The van der Waals surface area contributed by atoms with Crippen LogP contribution in [0.4, 0.5) is 14.5 Å². The second kappa shape index (κ2) is 9.20. The average Bonchev–Trinajstić information content (AvgIpc) is 2.87. The lowest BCUT2D eigenvalue weighted by Crippen LogP contribution is -2.42. The summed E-state index contributed by atoms with van der Waals surface area (Å²) in [6.45, 7) is -0.135. The Morgan fingerprint density at radius 1 is 0.909 bits per heavy atom. The standard InChI is InChI=1S/C25H21F2N3O3/c1-30-21-9-5-4-7-19(21)18-6-2-3-8-20(18)24(25(30)33)29-23(32)13-22(31)28-14-15-10-16(26)12-17(27)11-15/h2-12,24H,13-14H2,1H3,(H,28,31)(H,29,32)/t24-/m1/s1. The minimum atomic E-state index is -0.976. The van der Waals surface area contributed by atoms with Crippen molar-refractivity contribution in [2.45, 2.75) is 19.0 Å². The summed E-state index contributed by atoms with van der Waals surface area (Å²) in [6.07, 6.45) is -0.541. The Morgan fingerprint density at radius 2 is 1.55 bits per heavy atom. The van der Waals surface area contributed by atoms with E-state index in [4.69, 9.17) is 0 Å². The van der Waals surface area contributed by atoms with E-state index in [2.05, 4.69) is 10.6 Å². The summed E-state index contributed by atoms with van der Waals surface area (Å²) in [7, 11) is 1.64. The summed E-state index contributed by atoms with van der Waals surface area (Å²) in [5.74, 6) is -3.13. The summed E-state index contributed by atoms with van der Waals surface area (Å²) in [6, 6.07) is 16.7. The Morgan fingerprint density at radius 3 is 2.27 bits per heavy atom. The molecule has 3 aromatic rings. The molecule has 2 N–H and O–H groups in total. The quantitative estimate of drug-likeness (QED) is 0.586. The maximum absolute atomic E-state index is 13.3. The van der Waals surface area contributed by atoms with Crippen molar-refractivity contribution in [1.29, 1.82) is 0 Å². The van der Waals surface area contributed by atoms with E-state index in [0.717, 1.165) is 29.3 Å². The second-order valence-electron chi connectivity index (χ2n) is 7.73. The maximum atomic E-state index is 13.3. The topological polar surface area (TPSA) is 78.5 Å². The van der Waals surface area contributed by atoms with Crippen molar-refractivity contribution in [3.8, 4) is 11.1 Å². The average molecular weight is 449 g/mol. The highest BCUT2D eigenvalue weighted by molar-refractivity contribution is 6.07. The van der Waals surface area contributed by atoms with Crippen LogP contribution in [0, 0.1) is 11.6 Å². The molecule has 3 amide bonds. The Balaban J connectivity index is 1.48. The summed E-state index contributed by atoms with van der Waals surface area (Å²) >= 11 is 0. The summed E-state index contributed by atoms with van der Waals surface area (Å²) in [4.78, 5) is 39.5. The van der Waals surface area contributed by atoms with Gasteiger partial charge >= 0.3 is 0 Å². The van der Waals surface area contributed by atoms with Gasteiger partial charge in [0.1, 0.15) is 24.1 Å². The van der Waals surface area contributed by atoms with Gasteiger partial charge in [0, 0.05) is 25.2 Å². The number of nitrogens with zero attached hydrogens (tertiary/aromatic N) is 1. The van der Waals surface area contributed by atoms with Gasteiger partial charge in [0.25, 0.3) is 5.91 Å². The first-order valence-corrected chi connectivity index (χ1v) is 10.3. The van der Waals surface area contributed by atoms with Crippen molar-refractivity contribution < 1.29 is 23.2 Å². The number of likely N-dealkylation sites (N-methyl/N-ethyl adjacent to an activating group) is 1. The Hall–Kier alpha value is -4.07.